The summed E-state index contributed by atoms with van der Waals surface area (Å²) in [4.78, 5) is 29.1. The summed E-state index contributed by atoms with van der Waals surface area (Å²) in [6.45, 7) is 4.61. The summed E-state index contributed by atoms with van der Waals surface area (Å²) in [5, 5.41) is 7.05. The first-order valence-corrected chi connectivity index (χ1v) is 10.5. The van der Waals surface area contributed by atoms with Crippen LogP contribution in [0.4, 0.5) is 0 Å². The van der Waals surface area contributed by atoms with Crippen molar-refractivity contribution in [2.75, 3.05) is 6.54 Å². The summed E-state index contributed by atoms with van der Waals surface area (Å²) < 4.78 is 5.46. The molecule has 2 aliphatic rings. The maximum Gasteiger partial charge on any atom is 0.293 e. The third-order valence-corrected chi connectivity index (χ3v) is 6.45. The molecule has 2 aromatic rings. The van der Waals surface area contributed by atoms with Gasteiger partial charge in [-0.15, -0.1) is 11.3 Å². The lowest BCUT2D eigenvalue weighted by atomic mass is 9.96. The average molecular weight is 388 g/mol. The Hall–Kier alpha value is -2.15. The summed E-state index contributed by atoms with van der Waals surface area (Å²) in [5.74, 6) is 0.307. The molecule has 0 bridgehead atoms. The zero-order valence-electron chi connectivity index (χ0n) is 15.8. The van der Waals surface area contributed by atoms with Crippen molar-refractivity contribution in [3.63, 3.8) is 0 Å². The zero-order valence-corrected chi connectivity index (χ0v) is 16.6. The smallest absolute Gasteiger partial charge is 0.293 e. The summed E-state index contributed by atoms with van der Waals surface area (Å²) in [6.07, 6.45) is 5.82. The quantitative estimate of drug-likeness (QED) is 0.867. The van der Waals surface area contributed by atoms with Crippen LogP contribution in [0.5, 0.6) is 0 Å². The van der Waals surface area contributed by atoms with Gasteiger partial charge < -0.3 is 14.7 Å². The summed E-state index contributed by atoms with van der Waals surface area (Å²) in [5.41, 5.74) is 1.95. The van der Waals surface area contributed by atoms with Crippen molar-refractivity contribution in [1.29, 1.82) is 0 Å². The van der Waals surface area contributed by atoms with Crippen LogP contribution in [-0.4, -0.2) is 34.5 Å². The Balaban J connectivity index is 1.54. The molecule has 3 heterocycles. The number of nitrogens with one attached hydrogen (secondary N) is 1. The number of carbonyl (C=O) groups excluding carboxylic acids is 2. The number of nitrogens with zero attached hydrogens (tertiary/aromatic N) is 2. The van der Waals surface area contributed by atoms with E-state index in [0.29, 0.717) is 17.2 Å². The predicted octanol–water partition coefficient (Wildman–Crippen LogP) is 3.73. The van der Waals surface area contributed by atoms with Gasteiger partial charge in [0.2, 0.25) is 5.76 Å². The van der Waals surface area contributed by atoms with E-state index in [9.17, 15) is 9.59 Å². The molecule has 2 amide bonds. The Bertz CT molecular complexity index is 855. The monoisotopic (exact) mass is 387 g/mol. The van der Waals surface area contributed by atoms with Crippen molar-refractivity contribution in [3.8, 4) is 0 Å². The van der Waals surface area contributed by atoms with Gasteiger partial charge in [0.15, 0.2) is 0 Å². The van der Waals surface area contributed by atoms with Crippen LogP contribution in [0.15, 0.2) is 16.7 Å². The van der Waals surface area contributed by atoms with Gasteiger partial charge in [0.05, 0.1) is 16.6 Å². The van der Waals surface area contributed by atoms with E-state index < -0.39 is 0 Å². The summed E-state index contributed by atoms with van der Waals surface area (Å²) in [6, 6.07) is 3.94. The van der Waals surface area contributed by atoms with Gasteiger partial charge in [0, 0.05) is 23.0 Å². The van der Waals surface area contributed by atoms with E-state index in [1.165, 1.54) is 11.3 Å². The standard InChI is InChI=1S/C20H25N3O3S/c1-12(2)21-19(24)17-10-9-16(27-17)15-8-5-11-23(15)20(25)18-13-6-3-4-7-14(13)22-26-18/h9-10,12,15H,3-8,11H2,1-2H3,(H,21,24). The highest BCUT2D eigenvalue weighted by Crippen LogP contribution is 2.38. The summed E-state index contributed by atoms with van der Waals surface area (Å²) >= 11 is 1.48. The molecule has 27 heavy (non-hydrogen) atoms. The molecule has 1 aliphatic carbocycles. The topological polar surface area (TPSA) is 75.4 Å². The minimum absolute atomic E-state index is 0.00689. The highest BCUT2D eigenvalue weighted by molar-refractivity contribution is 7.14. The van der Waals surface area contributed by atoms with Crippen LogP contribution in [0.3, 0.4) is 0 Å². The normalized spacial score (nSPS) is 19.4. The van der Waals surface area contributed by atoms with E-state index in [2.05, 4.69) is 10.5 Å². The molecule has 1 atom stereocenters. The van der Waals surface area contributed by atoms with Gasteiger partial charge in [-0.25, -0.2) is 0 Å². The number of likely N-dealkylation sites (tertiary alicyclic amines) is 1. The van der Waals surface area contributed by atoms with Crippen LogP contribution < -0.4 is 5.32 Å². The first kappa shape index (κ1) is 18.2. The number of fused-ring (bicyclic) bond motifs is 1. The lowest BCUT2D eigenvalue weighted by molar-refractivity contribution is 0.0694. The number of carbonyl (C=O) groups is 2. The van der Waals surface area contributed by atoms with Gasteiger partial charge in [-0.2, -0.15) is 0 Å². The van der Waals surface area contributed by atoms with E-state index in [-0.39, 0.29) is 23.9 Å². The lowest BCUT2D eigenvalue weighted by Gasteiger charge is -2.23. The van der Waals surface area contributed by atoms with Gasteiger partial charge in [-0.1, -0.05) is 5.16 Å². The third-order valence-electron chi connectivity index (χ3n) is 5.27. The molecular formula is C20H25N3O3S. The molecular weight excluding hydrogens is 362 g/mol. The number of thiophene rings is 1. The SMILES string of the molecule is CC(C)NC(=O)c1ccc(C2CCCN2C(=O)c2onc3c2CCCC3)s1. The lowest BCUT2D eigenvalue weighted by Crippen LogP contribution is -2.31. The van der Waals surface area contributed by atoms with Crippen molar-refractivity contribution < 1.29 is 14.1 Å². The molecule has 0 spiro atoms. The molecule has 7 heteroatoms. The van der Waals surface area contributed by atoms with Gasteiger partial charge in [0.25, 0.3) is 11.8 Å². The second-order valence-corrected chi connectivity index (χ2v) is 8.75. The van der Waals surface area contributed by atoms with Crippen molar-refractivity contribution >= 4 is 23.2 Å². The Kier molecular flexibility index (Phi) is 5.04. The van der Waals surface area contributed by atoms with E-state index in [1.54, 1.807) is 0 Å². The minimum Gasteiger partial charge on any atom is -0.350 e. The van der Waals surface area contributed by atoms with E-state index in [1.807, 2.05) is 30.9 Å². The van der Waals surface area contributed by atoms with Crippen LogP contribution in [0.1, 0.15) is 81.9 Å². The first-order chi connectivity index (χ1) is 13.0. The maximum atomic E-state index is 13.2. The molecule has 0 aromatic carbocycles. The number of amides is 2. The van der Waals surface area contributed by atoms with Gasteiger partial charge in [0.1, 0.15) is 0 Å². The van der Waals surface area contributed by atoms with Gasteiger partial charge >= 0.3 is 0 Å². The van der Waals surface area contributed by atoms with Crippen LogP contribution in [-0.2, 0) is 12.8 Å². The predicted molar refractivity (Wildman–Crippen MR) is 103 cm³/mol. The van der Waals surface area contributed by atoms with Crippen molar-refractivity contribution in [2.45, 2.75) is 64.5 Å². The fraction of sp³-hybridized carbons (Fsp3) is 0.550. The Morgan fingerprint density at radius 3 is 2.89 bits per heavy atom. The van der Waals surface area contributed by atoms with Gasteiger partial charge in [-0.05, 0) is 64.5 Å². The van der Waals surface area contributed by atoms with E-state index >= 15 is 0 Å². The fourth-order valence-electron chi connectivity index (χ4n) is 3.98. The highest BCUT2D eigenvalue weighted by Gasteiger charge is 2.36. The number of hydrogen-bond donors (Lipinski definition) is 1. The fourth-order valence-corrected chi connectivity index (χ4v) is 5.04. The molecule has 2 aromatic heterocycles. The molecule has 4 rings (SSSR count). The Morgan fingerprint density at radius 1 is 1.26 bits per heavy atom. The Morgan fingerprint density at radius 2 is 2.07 bits per heavy atom. The molecule has 144 valence electrons. The maximum absolute atomic E-state index is 13.2. The highest BCUT2D eigenvalue weighted by atomic mass is 32.1. The van der Waals surface area contributed by atoms with Crippen LogP contribution >= 0.6 is 11.3 Å². The van der Waals surface area contributed by atoms with Crippen LogP contribution in [0.25, 0.3) is 0 Å². The van der Waals surface area contributed by atoms with Crippen LogP contribution in [0, 0.1) is 0 Å². The minimum atomic E-state index is -0.0604. The third kappa shape index (κ3) is 3.52. The molecule has 1 aliphatic heterocycles. The number of aryl methyl sites for hydroxylation is 1. The zero-order chi connectivity index (χ0) is 19.0. The molecule has 1 saturated heterocycles. The second kappa shape index (κ2) is 7.46. The first-order valence-electron chi connectivity index (χ1n) is 9.73. The number of aromatic nitrogens is 1. The molecule has 1 unspecified atom stereocenters. The molecule has 0 radical (unpaired) electrons. The van der Waals surface area contributed by atoms with Crippen LogP contribution in [0.2, 0.25) is 0 Å². The number of hydrogen-bond acceptors (Lipinski definition) is 5. The van der Waals surface area contributed by atoms with E-state index in [4.69, 9.17) is 4.52 Å². The molecule has 0 saturated carbocycles. The summed E-state index contributed by atoms with van der Waals surface area (Å²) in [7, 11) is 0. The van der Waals surface area contributed by atoms with Crippen molar-refractivity contribution in [2.24, 2.45) is 0 Å². The van der Waals surface area contributed by atoms with Crippen molar-refractivity contribution in [1.82, 2.24) is 15.4 Å². The van der Waals surface area contributed by atoms with Gasteiger partial charge in [-0.3, -0.25) is 9.59 Å². The molecule has 1 fully saturated rings. The average Bonchev–Trinajstić information content (AvgIpc) is 3.38. The Labute approximate surface area is 162 Å². The second-order valence-electron chi connectivity index (χ2n) is 7.63. The number of rotatable bonds is 4. The largest absolute Gasteiger partial charge is 0.350 e. The van der Waals surface area contributed by atoms with Crippen molar-refractivity contribution in [3.05, 3.63) is 38.9 Å². The van der Waals surface area contributed by atoms with E-state index in [0.717, 1.165) is 54.7 Å². The molecule has 1 N–H and O–H groups in total. The molecule has 6 nitrogen and oxygen atoms in total.